The summed E-state index contributed by atoms with van der Waals surface area (Å²) in [6, 6.07) is 5.87. The highest BCUT2D eigenvalue weighted by Crippen LogP contribution is 2.18. The van der Waals surface area contributed by atoms with E-state index in [2.05, 4.69) is 15.1 Å². The molecule has 72 valence electrons. The molecular weight excluding hydrogens is 196 g/mol. The number of aryl methyl sites for hydroxylation is 1. The quantitative estimate of drug-likeness (QED) is 0.714. The molecule has 0 radical (unpaired) electrons. The van der Waals surface area contributed by atoms with Crippen molar-refractivity contribution in [3.63, 3.8) is 0 Å². The highest BCUT2D eigenvalue weighted by Gasteiger charge is 2.01. The molecule has 0 fully saturated rings. The van der Waals surface area contributed by atoms with Crippen molar-refractivity contribution in [2.45, 2.75) is 10.8 Å². The Labute approximate surface area is 86.4 Å². The molecule has 4 nitrogen and oxygen atoms in total. The predicted molar refractivity (Wildman–Crippen MR) is 54.8 cm³/mol. The van der Waals surface area contributed by atoms with Crippen LogP contribution in [-0.4, -0.2) is 19.7 Å². The zero-order valence-corrected chi connectivity index (χ0v) is 8.61. The van der Waals surface area contributed by atoms with Crippen LogP contribution in [0.3, 0.4) is 0 Å². The molecule has 0 spiro atoms. The highest BCUT2D eigenvalue weighted by molar-refractivity contribution is 7.98. The van der Waals surface area contributed by atoms with E-state index >= 15 is 0 Å². The van der Waals surface area contributed by atoms with Crippen molar-refractivity contribution in [1.82, 2.24) is 19.7 Å². The van der Waals surface area contributed by atoms with Crippen LogP contribution < -0.4 is 0 Å². The Morgan fingerprint density at radius 3 is 2.93 bits per heavy atom. The maximum absolute atomic E-state index is 4.21. The molecule has 0 aliphatic heterocycles. The summed E-state index contributed by atoms with van der Waals surface area (Å²) in [6.07, 6.45) is 3.35. The molecule has 0 aromatic carbocycles. The van der Waals surface area contributed by atoms with Gasteiger partial charge in [0.1, 0.15) is 12.2 Å². The van der Waals surface area contributed by atoms with E-state index in [1.165, 1.54) is 0 Å². The summed E-state index contributed by atoms with van der Waals surface area (Å²) in [4.78, 5) is 8.35. The average Bonchev–Trinajstić information content (AvgIpc) is 2.63. The lowest BCUT2D eigenvalue weighted by Gasteiger charge is -1.99. The summed E-state index contributed by atoms with van der Waals surface area (Å²) >= 11 is 1.66. The first-order valence-corrected chi connectivity index (χ1v) is 5.21. The zero-order chi connectivity index (χ0) is 9.80. The lowest BCUT2D eigenvalue weighted by molar-refractivity contribution is 0.729. The number of aromatic nitrogens is 4. The average molecular weight is 206 g/mol. The van der Waals surface area contributed by atoms with Gasteiger partial charge in [0.05, 0.1) is 10.8 Å². The van der Waals surface area contributed by atoms with Crippen LogP contribution in [0.2, 0.25) is 0 Å². The first-order chi connectivity index (χ1) is 6.86. The second-order valence-electron chi connectivity index (χ2n) is 2.76. The van der Waals surface area contributed by atoms with Gasteiger partial charge in [-0.05, 0) is 12.1 Å². The molecule has 0 bridgehead atoms. The molecule has 2 aromatic rings. The number of hydrogen-bond donors (Lipinski definition) is 0. The molecule has 0 saturated carbocycles. The molecule has 5 heteroatoms. The monoisotopic (exact) mass is 206 g/mol. The second kappa shape index (κ2) is 4.23. The summed E-state index contributed by atoms with van der Waals surface area (Å²) < 4.78 is 1.77. The fourth-order valence-electron chi connectivity index (χ4n) is 1.02. The van der Waals surface area contributed by atoms with Gasteiger partial charge in [-0.15, -0.1) is 0 Å². The van der Waals surface area contributed by atoms with E-state index in [1.54, 1.807) is 29.0 Å². The van der Waals surface area contributed by atoms with Crippen molar-refractivity contribution in [1.29, 1.82) is 0 Å². The molecule has 0 atom stereocenters. The van der Waals surface area contributed by atoms with Gasteiger partial charge < -0.3 is 0 Å². The molecule has 0 saturated heterocycles. The van der Waals surface area contributed by atoms with E-state index in [4.69, 9.17) is 0 Å². The van der Waals surface area contributed by atoms with Crippen molar-refractivity contribution in [2.24, 2.45) is 7.05 Å². The highest BCUT2D eigenvalue weighted by atomic mass is 32.2. The lowest BCUT2D eigenvalue weighted by Crippen LogP contribution is -1.97. The maximum atomic E-state index is 4.21. The Hall–Kier alpha value is -1.36. The molecule has 0 amide bonds. The van der Waals surface area contributed by atoms with E-state index in [-0.39, 0.29) is 0 Å². The van der Waals surface area contributed by atoms with Gasteiger partial charge in [-0.3, -0.25) is 4.68 Å². The number of pyridine rings is 1. The minimum atomic E-state index is 0.799. The summed E-state index contributed by atoms with van der Waals surface area (Å²) in [5, 5.41) is 5.01. The summed E-state index contributed by atoms with van der Waals surface area (Å²) in [5.74, 6) is 1.76. The largest absolute Gasteiger partial charge is 0.252 e. The summed E-state index contributed by atoms with van der Waals surface area (Å²) in [7, 11) is 1.89. The van der Waals surface area contributed by atoms with Gasteiger partial charge in [-0.25, -0.2) is 9.97 Å². The minimum Gasteiger partial charge on any atom is -0.252 e. The van der Waals surface area contributed by atoms with Gasteiger partial charge in [0.2, 0.25) is 0 Å². The molecule has 0 unspecified atom stereocenters. The van der Waals surface area contributed by atoms with E-state index < -0.39 is 0 Å². The van der Waals surface area contributed by atoms with Gasteiger partial charge in [-0.2, -0.15) is 5.10 Å². The molecule has 0 N–H and O–H groups in total. The van der Waals surface area contributed by atoms with Crippen molar-refractivity contribution in [2.75, 3.05) is 0 Å². The van der Waals surface area contributed by atoms with Crippen molar-refractivity contribution >= 4 is 11.8 Å². The van der Waals surface area contributed by atoms with Crippen molar-refractivity contribution < 1.29 is 0 Å². The number of nitrogens with zero attached hydrogens (tertiary/aromatic N) is 4. The summed E-state index contributed by atoms with van der Waals surface area (Å²) in [6.45, 7) is 0. The second-order valence-corrected chi connectivity index (χ2v) is 3.75. The number of hydrogen-bond acceptors (Lipinski definition) is 4. The molecule has 0 aliphatic carbocycles. The fourth-order valence-corrected chi connectivity index (χ4v) is 1.87. The molecule has 2 aromatic heterocycles. The topological polar surface area (TPSA) is 43.6 Å². The Morgan fingerprint density at radius 2 is 2.29 bits per heavy atom. The third kappa shape index (κ3) is 2.11. The first-order valence-electron chi connectivity index (χ1n) is 4.23. The van der Waals surface area contributed by atoms with Gasteiger partial charge in [0, 0.05) is 13.2 Å². The van der Waals surface area contributed by atoms with Crippen LogP contribution in [0, 0.1) is 0 Å². The predicted octanol–water partition coefficient (Wildman–Crippen LogP) is 1.50. The van der Waals surface area contributed by atoms with Crippen LogP contribution in [0.4, 0.5) is 0 Å². The molecular formula is C9H10N4S. The smallest absolute Gasteiger partial charge is 0.138 e. The SMILES string of the molecule is Cn1ncnc1CSc1ccccn1. The fraction of sp³-hybridized carbons (Fsp3) is 0.222. The third-order valence-corrected chi connectivity index (χ3v) is 2.73. The molecule has 2 rings (SSSR count). The Kier molecular flexibility index (Phi) is 2.78. The van der Waals surface area contributed by atoms with Crippen molar-refractivity contribution in [3.8, 4) is 0 Å². The van der Waals surface area contributed by atoms with Crippen LogP contribution in [0.15, 0.2) is 35.7 Å². The summed E-state index contributed by atoms with van der Waals surface area (Å²) in [5.41, 5.74) is 0. The Bertz CT molecular complexity index is 398. The van der Waals surface area contributed by atoms with E-state index in [0.29, 0.717) is 0 Å². The number of thioether (sulfide) groups is 1. The van der Waals surface area contributed by atoms with Crippen LogP contribution in [0.1, 0.15) is 5.82 Å². The van der Waals surface area contributed by atoms with E-state index in [0.717, 1.165) is 16.6 Å². The lowest BCUT2D eigenvalue weighted by atomic mass is 10.5. The standard InChI is InChI=1S/C9H10N4S/c1-13-8(11-7-12-13)6-14-9-4-2-3-5-10-9/h2-5,7H,6H2,1H3. The van der Waals surface area contributed by atoms with Crippen LogP contribution in [0.5, 0.6) is 0 Å². The van der Waals surface area contributed by atoms with E-state index in [1.807, 2.05) is 25.2 Å². The van der Waals surface area contributed by atoms with Gasteiger partial charge in [0.15, 0.2) is 0 Å². The maximum Gasteiger partial charge on any atom is 0.138 e. The van der Waals surface area contributed by atoms with Crippen molar-refractivity contribution in [3.05, 3.63) is 36.5 Å². The number of rotatable bonds is 3. The zero-order valence-electron chi connectivity index (χ0n) is 7.79. The van der Waals surface area contributed by atoms with Crippen LogP contribution in [0.25, 0.3) is 0 Å². The first kappa shape index (κ1) is 9.21. The minimum absolute atomic E-state index is 0.799. The van der Waals surface area contributed by atoms with Crippen LogP contribution >= 0.6 is 11.8 Å². The van der Waals surface area contributed by atoms with Crippen LogP contribution in [-0.2, 0) is 12.8 Å². The Morgan fingerprint density at radius 1 is 1.36 bits per heavy atom. The van der Waals surface area contributed by atoms with E-state index in [9.17, 15) is 0 Å². The Balaban J connectivity index is 1.99. The molecule has 14 heavy (non-hydrogen) atoms. The molecule has 2 heterocycles. The third-order valence-electron chi connectivity index (χ3n) is 1.79. The van der Waals surface area contributed by atoms with Gasteiger partial charge in [-0.1, -0.05) is 17.8 Å². The van der Waals surface area contributed by atoms with Gasteiger partial charge >= 0.3 is 0 Å². The van der Waals surface area contributed by atoms with Gasteiger partial charge in [0.25, 0.3) is 0 Å². The molecule has 0 aliphatic rings. The normalized spacial score (nSPS) is 10.4.